The van der Waals surface area contributed by atoms with Crippen molar-refractivity contribution >= 4 is 12.4 Å². The lowest BCUT2D eigenvalue weighted by atomic mass is 10.5. The first-order valence-electron chi connectivity index (χ1n) is 2.42. The van der Waals surface area contributed by atoms with Gasteiger partial charge in [-0.3, -0.25) is 4.79 Å². The van der Waals surface area contributed by atoms with Gasteiger partial charge in [-0.15, -0.1) is 0 Å². The Hall–Kier alpha value is -1.58. The number of ether oxygens (including phenoxy) is 1. The minimum absolute atomic E-state index is 0.241. The summed E-state index contributed by atoms with van der Waals surface area (Å²) in [6, 6.07) is 0. The lowest BCUT2D eigenvalue weighted by Gasteiger charge is -1.78. The highest BCUT2D eigenvalue weighted by Gasteiger charge is 1.79. The number of carboxylic acids is 1. The molecule has 0 saturated heterocycles. The number of carbonyl (C=O) groups is 2. The molecule has 0 aliphatic rings. The Morgan fingerprint density at radius 1 is 1.40 bits per heavy atom. The molecule has 4 heteroatoms. The van der Waals surface area contributed by atoms with Crippen LogP contribution in [0.2, 0.25) is 0 Å². The predicted molar refractivity (Wildman–Crippen MR) is 33.1 cm³/mol. The maximum Gasteiger partial charge on any atom is 0.328 e. The second-order valence-electron chi connectivity index (χ2n) is 1.26. The number of aliphatic carboxylic acids is 1. The summed E-state index contributed by atoms with van der Waals surface area (Å²) >= 11 is 0. The van der Waals surface area contributed by atoms with Gasteiger partial charge in [0.1, 0.15) is 0 Å². The molecule has 0 rings (SSSR count). The van der Waals surface area contributed by atoms with Crippen LogP contribution in [0, 0.1) is 0 Å². The molecular weight excluding hydrogens is 136 g/mol. The number of hydrogen-bond acceptors (Lipinski definition) is 3. The summed E-state index contributed by atoms with van der Waals surface area (Å²) in [5.41, 5.74) is 0. The fourth-order valence-electron chi connectivity index (χ4n) is 0.261. The molecule has 0 saturated carbocycles. The molecule has 0 aliphatic carbocycles. The van der Waals surface area contributed by atoms with E-state index in [1.54, 1.807) is 0 Å². The van der Waals surface area contributed by atoms with Gasteiger partial charge in [-0.2, -0.15) is 0 Å². The van der Waals surface area contributed by atoms with Crippen molar-refractivity contribution in [1.29, 1.82) is 0 Å². The molecule has 0 radical (unpaired) electrons. The molecule has 1 N–H and O–H groups in total. The summed E-state index contributed by atoms with van der Waals surface area (Å²) in [6.45, 7) is 0.241. The summed E-state index contributed by atoms with van der Waals surface area (Å²) in [5.74, 6) is -1.05. The van der Waals surface area contributed by atoms with Crippen molar-refractivity contribution in [3.8, 4) is 0 Å². The average Bonchev–Trinajstić information content (AvgIpc) is 1.87. The predicted octanol–water partition coefficient (Wildman–Crippen LogP) is 0.314. The van der Waals surface area contributed by atoms with Gasteiger partial charge in [0.05, 0.1) is 6.26 Å². The molecule has 54 valence electrons. The van der Waals surface area contributed by atoms with Crippen molar-refractivity contribution in [3.63, 3.8) is 0 Å². The Balaban J connectivity index is 3.51. The van der Waals surface area contributed by atoms with Crippen LogP contribution in [0.3, 0.4) is 0 Å². The van der Waals surface area contributed by atoms with Crippen molar-refractivity contribution in [2.75, 3.05) is 0 Å². The van der Waals surface area contributed by atoms with E-state index in [1.807, 2.05) is 0 Å². The molecule has 0 unspecified atom stereocenters. The third kappa shape index (κ3) is 6.42. The van der Waals surface area contributed by atoms with Crippen LogP contribution < -0.4 is 0 Å². The molecule has 0 atom stereocenters. The van der Waals surface area contributed by atoms with E-state index in [0.717, 1.165) is 12.3 Å². The summed E-state index contributed by atoms with van der Waals surface area (Å²) < 4.78 is 4.11. The standard InChI is InChI=1S/C6H6O4/c7-5-10-4-2-1-3-6(8)9/h1-5H,(H,8,9). The van der Waals surface area contributed by atoms with Gasteiger partial charge in [-0.05, 0) is 6.08 Å². The number of hydrogen-bond donors (Lipinski definition) is 1. The smallest absolute Gasteiger partial charge is 0.328 e. The third-order valence-electron chi connectivity index (χ3n) is 0.563. The van der Waals surface area contributed by atoms with Crippen LogP contribution >= 0.6 is 0 Å². The lowest BCUT2D eigenvalue weighted by Crippen LogP contribution is -1.84. The maximum atomic E-state index is 9.80. The minimum atomic E-state index is -1.05. The van der Waals surface area contributed by atoms with E-state index in [9.17, 15) is 9.59 Å². The number of allylic oxidation sites excluding steroid dienone is 2. The zero-order chi connectivity index (χ0) is 7.82. The molecule has 0 aliphatic heterocycles. The molecule has 0 bridgehead atoms. The van der Waals surface area contributed by atoms with Crippen LogP contribution in [0.25, 0.3) is 0 Å². The first-order valence-corrected chi connectivity index (χ1v) is 2.42. The Bertz CT molecular complexity index is 169. The van der Waals surface area contributed by atoms with Crippen LogP contribution in [-0.2, 0) is 14.3 Å². The second kappa shape index (κ2) is 5.55. The van der Waals surface area contributed by atoms with Crippen LogP contribution in [0.5, 0.6) is 0 Å². The fraction of sp³-hybridized carbons (Fsp3) is 0. The number of rotatable bonds is 4. The summed E-state index contributed by atoms with van der Waals surface area (Å²) in [4.78, 5) is 19.3. The Morgan fingerprint density at radius 2 is 2.10 bits per heavy atom. The van der Waals surface area contributed by atoms with Crippen molar-refractivity contribution < 1.29 is 19.4 Å². The van der Waals surface area contributed by atoms with Gasteiger partial charge in [0, 0.05) is 6.08 Å². The van der Waals surface area contributed by atoms with Crippen LogP contribution in [-0.4, -0.2) is 17.5 Å². The molecule has 0 aromatic heterocycles. The zero-order valence-corrected chi connectivity index (χ0v) is 5.06. The Labute approximate surface area is 57.4 Å². The molecule has 0 aromatic rings. The molecule has 0 aromatic carbocycles. The third-order valence-corrected chi connectivity index (χ3v) is 0.563. The van der Waals surface area contributed by atoms with E-state index in [2.05, 4.69) is 4.74 Å². The van der Waals surface area contributed by atoms with Gasteiger partial charge < -0.3 is 9.84 Å². The molecule has 0 spiro atoms. The van der Waals surface area contributed by atoms with E-state index in [1.165, 1.54) is 12.2 Å². The topological polar surface area (TPSA) is 63.6 Å². The largest absolute Gasteiger partial charge is 0.478 e. The van der Waals surface area contributed by atoms with Crippen molar-refractivity contribution in [2.24, 2.45) is 0 Å². The van der Waals surface area contributed by atoms with E-state index in [4.69, 9.17) is 5.11 Å². The van der Waals surface area contributed by atoms with Crippen LogP contribution in [0.4, 0.5) is 0 Å². The number of carboxylic acid groups (broad SMARTS) is 1. The average molecular weight is 142 g/mol. The summed E-state index contributed by atoms with van der Waals surface area (Å²) in [6.07, 6.45) is 4.53. The maximum absolute atomic E-state index is 9.80. The van der Waals surface area contributed by atoms with Gasteiger partial charge >= 0.3 is 5.97 Å². The first-order chi connectivity index (χ1) is 4.77. The van der Waals surface area contributed by atoms with Gasteiger partial charge in [0.2, 0.25) is 0 Å². The summed E-state index contributed by atoms with van der Waals surface area (Å²) in [5, 5.41) is 8.04. The van der Waals surface area contributed by atoms with E-state index >= 15 is 0 Å². The van der Waals surface area contributed by atoms with Gasteiger partial charge in [0.25, 0.3) is 6.47 Å². The van der Waals surface area contributed by atoms with E-state index in [-0.39, 0.29) is 6.47 Å². The highest BCUT2D eigenvalue weighted by molar-refractivity contribution is 5.80. The molecule has 0 fully saturated rings. The van der Waals surface area contributed by atoms with Crippen molar-refractivity contribution in [1.82, 2.24) is 0 Å². The molecule has 4 nitrogen and oxygen atoms in total. The van der Waals surface area contributed by atoms with Gasteiger partial charge in [-0.1, -0.05) is 6.08 Å². The number of carbonyl (C=O) groups excluding carboxylic acids is 1. The second-order valence-corrected chi connectivity index (χ2v) is 1.26. The van der Waals surface area contributed by atoms with Gasteiger partial charge in [0.15, 0.2) is 0 Å². The molecule has 10 heavy (non-hydrogen) atoms. The van der Waals surface area contributed by atoms with Crippen molar-refractivity contribution in [2.45, 2.75) is 0 Å². The first kappa shape index (κ1) is 8.42. The highest BCUT2D eigenvalue weighted by Crippen LogP contribution is 1.77. The monoisotopic (exact) mass is 142 g/mol. The quantitative estimate of drug-likeness (QED) is 0.265. The highest BCUT2D eigenvalue weighted by atomic mass is 16.5. The summed E-state index contributed by atoms with van der Waals surface area (Å²) in [7, 11) is 0. The van der Waals surface area contributed by atoms with Crippen LogP contribution in [0.1, 0.15) is 0 Å². The SMILES string of the molecule is O=COC=CC=CC(=O)O. The van der Waals surface area contributed by atoms with E-state index in [0.29, 0.717) is 0 Å². The van der Waals surface area contributed by atoms with Crippen LogP contribution in [0.15, 0.2) is 24.5 Å². The molecule has 0 amide bonds. The Kier molecular flexibility index (Phi) is 4.68. The van der Waals surface area contributed by atoms with Gasteiger partial charge in [-0.25, -0.2) is 4.79 Å². The molecule has 0 heterocycles. The fourth-order valence-corrected chi connectivity index (χ4v) is 0.261. The van der Waals surface area contributed by atoms with Crippen molar-refractivity contribution in [3.05, 3.63) is 24.5 Å². The lowest BCUT2D eigenvalue weighted by molar-refractivity contribution is -0.131. The Morgan fingerprint density at radius 3 is 2.60 bits per heavy atom. The molecular formula is C6H6O4. The zero-order valence-electron chi connectivity index (χ0n) is 5.06. The minimum Gasteiger partial charge on any atom is -0.478 e. The normalized spacial score (nSPS) is 10.4. The van der Waals surface area contributed by atoms with E-state index < -0.39 is 5.97 Å².